The van der Waals surface area contributed by atoms with Crippen molar-refractivity contribution in [3.05, 3.63) is 47.5 Å². The molecule has 0 unspecified atom stereocenters. The zero-order valence-electron chi connectivity index (χ0n) is 15.4. The quantitative estimate of drug-likeness (QED) is 0.839. The lowest BCUT2D eigenvalue weighted by Crippen LogP contribution is -2.41. The fourth-order valence-electron chi connectivity index (χ4n) is 3.68. The van der Waals surface area contributed by atoms with Crippen molar-refractivity contribution in [3.63, 3.8) is 0 Å². The maximum absolute atomic E-state index is 12.9. The van der Waals surface area contributed by atoms with Crippen molar-refractivity contribution >= 4 is 5.91 Å². The molecule has 2 heterocycles. The third-order valence-electron chi connectivity index (χ3n) is 4.99. The average molecular weight is 341 g/mol. The van der Waals surface area contributed by atoms with Gasteiger partial charge in [0.2, 0.25) is 5.91 Å². The standard InChI is InChI=1S/C20H27N3O2/c1-4-19-21-9-11-23(19)17-6-5-10-22(14-17)20(24)13-16-12-15(2)7-8-18(16)25-3/h7-9,11-12,17H,4-6,10,13-14H2,1-3H3/t17-/m0/s1. The van der Waals surface area contributed by atoms with Crippen LogP contribution in [0, 0.1) is 6.92 Å². The summed E-state index contributed by atoms with van der Waals surface area (Å²) in [6.07, 6.45) is 7.34. The number of amides is 1. The molecule has 1 amide bonds. The van der Waals surface area contributed by atoms with Crippen molar-refractivity contribution in [1.29, 1.82) is 0 Å². The van der Waals surface area contributed by atoms with Crippen LogP contribution in [-0.4, -0.2) is 40.6 Å². The Kier molecular flexibility index (Phi) is 5.41. The van der Waals surface area contributed by atoms with Crippen molar-refractivity contribution in [2.45, 2.75) is 45.6 Å². The molecule has 134 valence electrons. The summed E-state index contributed by atoms with van der Waals surface area (Å²) in [4.78, 5) is 19.3. The van der Waals surface area contributed by atoms with Crippen LogP contribution in [0.3, 0.4) is 0 Å². The summed E-state index contributed by atoms with van der Waals surface area (Å²) in [6.45, 7) is 5.75. The number of hydrogen-bond acceptors (Lipinski definition) is 3. The SMILES string of the molecule is CCc1nccn1[C@H]1CCCN(C(=O)Cc2cc(C)ccc2OC)C1. The molecule has 1 aromatic carbocycles. The molecule has 5 nitrogen and oxygen atoms in total. The van der Waals surface area contributed by atoms with E-state index in [2.05, 4.69) is 16.5 Å². The van der Waals surface area contributed by atoms with Gasteiger partial charge >= 0.3 is 0 Å². The maximum Gasteiger partial charge on any atom is 0.227 e. The van der Waals surface area contributed by atoms with Gasteiger partial charge in [-0.05, 0) is 25.8 Å². The Morgan fingerprint density at radius 2 is 2.24 bits per heavy atom. The van der Waals surface area contributed by atoms with E-state index in [0.29, 0.717) is 12.5 Å². The van der Waals surface area contributed by atoms with Crippen molar-refractivity contribution in [3.8, 4) is 5.75 Å². The maximum atomic E-state index is 12.9. The van der Waals surface area contributed by atoms with E-state index in [-0.39, 0.29) is 5.91 Å². The van der Waals surface area contributed by atoms with E-state index < -0.39 is 0 Å². The van der Waals surface area contributed by atoms with Crippen LogP contribution in [0.15, 0.2) is 30.6 Å². The lowest BCUT2D eigenvalue weighted by Gasteiger charge is -2.34. The van der Waals surface area contributed by atoms with Gasteiger partial charge in [-0.25, -0.2) is 4.98 Å². The number of nitrogens with zero attached hydrogens (tertiary/aromatic N) is 3. The summed E-state index contributed by atoms with van der Waals surface area (Å²) >= 11 is 0. The molecule has 1 aliphatic rings. The summed E-state index contributed by atoms with van der Waals surface area (Å²) < 4.78 is 7.66. The second-order valence-electron chi connectivity index (χ2n) is 6.73. The molecule has 0 N–H and O–H groups in total. The van der Waals surface area contributed by atoms with Gasteiger partial charge < -0.3 is 14.2 Å². The molecule has 1 aliphatic heterocycles. The Morgan fingerprint density at radius 3 is 3.00 bits per heavy atom. The molecule has 0 saturated carbocycles. The van der Waals surface area contributed by atoms with Gasteiger partial charge in [0.15, 0.2) is 0 Å². The number of aromatic nitrogens is 2. The molecule has 0 bridgehead atoms. The molecule has 1 saturated heterocycles. The van der Waals surface area contributed by atoms with Gasteiger partial charge in [0.25, 0.3) is 0 Å². The molecule has 3 rings (SSSR count). The van der Waals surface area contributed by atoms with Crippen LogP contribution in [0.5, 0.6) is 5.75 Å². The van der Waals surface area contributed by atoms with Crippen LogP contribution in [0.4, 0.5) is 0 Å². The summed E-state index contributed by atoms with van der Waals surface area (Å²) in [5, 5.41) is 0. The Bertz CT molecular complexity index is 738. The minimum atomic E-state index is 0.173. The number of benzene rings is 1. The largest absolute Gasteiger partial charge is 0.496 e. The average Bonchev–Trinajstić information content (AvgIpc) is 3.11. The Hall–Kier alpha value is -2.30. The van der Waals surface area contributed by atoms with Gasteiger partial charge in [-0.15, -0.1) is 0 Å². The molecule has 0 aliphatic carbocycles. The Labute approximate surface area is 149 Å². The molecule has 1 atom stereocenters. The van der Waals surface area contributed by atoms with Gasteiger partial charge in [-0.3, -0.25) is 4.79 Å². The Balaban J connectivity index is 1.71. The number of carbonyl (C=O) groups is 1. The van der Waals surface area contributed by atoms with Gasteiger partial charge in [0, 0.05) is 37.5 Å². The Morgan fingerprint density at radius 1 is 1.40 bits per heavy atom. The first-order valence-electron chi connectivity index (χ1n) is 9.05. The van der Waals surface area contributed by atoms with E-state index in [1.807, 2.05) is 42.4 Å². The highest BCUT2D eigenvalue weighted by Gasteiger charge is 2.26. The van der Waals surface area contributed by atoms with Gasteiger partial charge in [0.1, 0.15) is 11.6 Å². The van der Waals surface area contributed by atoms with Crippen LogP contribution < -0.4 is 4.74 Å². The van der Waals surface area contributed by atoms with E-state index >= 15 is 0 Å². The number of aryl methyl sites for hydroxylation is 2. The predicted molar refractivity (Wildman–Crippen MR) is 97.9 cm³/mol. The monoisotopic (exact) mass is 341 g/mol. The second kappa shape index (κ2) is 7.72. The number of likely N-dealkylation sites (tertiary alicyclic amines) is 1. The molecule has 2 aromatic rings. The van der Waals surface area contributed by atoms with Gasteiger partial charge in [0.05, 0.1) is 19.6 Å². The third kappa shape index (κ3) is 3.86. The first kappa shape index (κ1) is 17.5. The smallest absolute Gasteiger partial charge is 0.227 e. The van der Waals surface area contributed by atoms with E-state index in [0.717, 1.165) is 55.1 Å². The summed E-state index contributed by atoms with van der Waals surface area (Å²) in [5.74, 6) is 2.06. The molecule has 1 fully saturated rings. The first-order chi connectivity index (χ1) is 12.1. The van der Waals surface area contributed by atoms with Crippen LogP contribution >= 0.6 is 0 Å². The fraction of sp³-hybridized carbons (Fsp3) is 0.500. The van der Waals surface area contributed by atoms with Crippen molar-refractivity contribution in [2.24, 2.45) is 0 Å². The number of methoxy groups -OCH3 is 1. The lowest BCUT2D eigenvalue weighted by atomic mass is 10.0. The number of piperidine rings is 1. The van der Waals surface area contributed by atoms with E-state index in [4.69, 9.17) is 4.74 Å². The molecule has 0 spiro atoms. The highest BCUT2D eigenvalue weighted by Crippen LogP contribution is 2.25. The molecule has 5 heteroatoms. The zero-order valence-corrected chi connectivity index (χ0v) is 15.4. The molecule has 0 radical (unpaired) electrons. The van der Waals surface area contributed by atoms with E-state index in [1.54, 1.807) is 7.11 Å². The third-order valence-corrected chi connectivity index (χ3v) is 4.99. The minimum absolute atomic E-state index is 0.173. The van der Waals surface area contributed by atoms with E-state index in [9.17, 15) is 4.79 Å². The predicted octanol–water partition coefficient (Wildman–Crippen LogP) is 3.17. The fourth-order valence-corrected chi connectivity index (χ4v) is 3.68. The summed E-state index contributed by atoms with van der Waals surface area (Å²) in [6, 6.07) is 6.32. The highest BCUT2D eigenvalue weighted by atomic mass is 16.5. The molecule has 1 aromatic heterocycles. The number of hydrogen-bond donors (Lipinski definition) is 0. The number of ether oxygens (including phenoxy) is 1. The number of rotatable bonds is 5. The second-order valence-corrected chi connectivity index (χ2v) is 6.73. The number of carbonyl (C=O) groups excluding carboxylic acids is 1. The van der Waals surface area contributed by atoms with Gasteiger partial charge in [-0.1, -0.05) is 24.6 Å². The van der Waals surface area contributed by atoms with Crippen LogP contribution in [-0.2, 0) is 17.6 Å². The normalized spacial score (nSPS) is 17.6. The topological polar surface area (TPSA) is 47.4 Å². The summed E-state index contributed by atoms with van der Waals surface area (Å²) in [7, 11) is 1.65. The van der Waals surface area contributed by atoms with Crippen molar-refractivity contribution in [1.82, 2.24) is 14.5 Å². The number of imidazole rings is 1. The summed E-state index contributed by atoms with van der Waals surface area (Å²) in [5.41, 5.74) is 2.11. The van der Waals surface area contributed by atoms with Crippen LogP contribution in [0.2, 0.25) is 0 Å². The van der Waals surface area contributed by atoms with Crippen molar-refractivity contribution < 1.29 is 9.53 Å². The molecular formula is C20H27N3O2. The molecular weight excluding hydrogens is 314 g/mol. The van der Waals surface area contributed by atoms with E-state index in [1.165, 1.54) is 0 Å². The lowest BCUT2D eigenvalue weighted by molar-refractivity contribution is -0.132. The zero-order chi connectivity index (χ0) is 17.8. The van der Waals surface area contributed by atoms with Crippen molar-refractivity contribution in [2.75, 3.05) is 20.2 Å². The molecule has 25 heavy (non-hydrogen) atoms. The van der Waals surface area contributed by atoms with Gasteiger partial charge in [-0.2, -0.15) is 0 Å². The van der Waals surface area contributed by atoms with Crippen LogP contribution in [0.1, 0.15) is 42.8 Å². The highest BCUT2D eigenvalue weighted by molar-refractivity contribution is 5.79. The first-order valence-corrected chi connectivity index (χ1v) is 9.05. The van der Waals surface area contributed by atoms with Crippen LogP contribution in [0.25, 0.3) is 0 Å². The minimum Gasteiger partial charge on any atom is -0.496 e.